The number of amides is 1. The Bertz CT molecular complexity index is 450. The van der Waals surface area contributed by atoms with Gasteiger partial charge in [0.1, 0.15) is 11.5 Å². The molecular weight excluding hydrogens is 266 g/mol. The highest BCUT2D eigenvalue weighted by Crippen LogP contribution is 2.13. The van der Waals surface area contributed by atoms with Crippen LogP contribution in [0, 0.1) is 0 Å². The van der Waals surface area contributed by atoms with Crippen molar-refractivity contribution in [3.05, 3.63) is 18.1 Å². The number of hydrogen-bond donors (Lipinski definition) is 0. The fourth-order valence-electron chi connectivity index (χ4n) is 2.56. The molecule has 1 aromatic heterocycles. The van der Waals surface area contributed by atoms with E-state index in [1.54, 1.807) is 17.3 Å². The Morgan fingerprint density at radius 3 is 2.24 bits per heavy atom. The molecule has 1 fully saturated rings. The highest BCUT2D eigenvalue weighted by molar-refractivity contribution is 5.92. The fourth-order valence-corrected chi connectivity index (χ4v) is 2.56. The van der Waals surface area contributed by atoms with Gasteiger partial charge in [-0.2, -0.15) is 0 Å². The summed E-state index contributed by atoms with van der Waals surface area (Å²) in [7, 11) is 0. The van der Waals surface area contributed by atoms with E-state index in [4.69, 9.17) is 0 Å². The third kappa shape index (κ3) is 3.69. The Morgan fingerprint density at radius 1 is 1.10 bits per heavy atom. The van der Waals surface area contributed by atoms with Crippen LogP contribution in [-0.4, -0.2) is 71.5 Å². The van der Waals surface area contributed by atoms with Crippen LogP contribution in [0.4, 0.5) is 5.82 Å². The monoisotopic (exact) mass is 291 g/mol. The van der Waals surface area contributed by atoms with Gasteiger partial charge < -0.3 is 14.7 Å². The molecule has 0 spiro atoms. The van der Waals surface area contributed by atoms with Crippen molar-refractivity contribution in [3.63, 3.8) is 0 Å². The molecule has 6 nitrogen and oxygen atoms in total. The molecule has 2 rings (SSSR count). The summed E-state index contributed by atoms with van der Waals surface area (Å²) in [6.45, 7) is 12.6. The normalized spacial score (nSPS) is 16.0. The van der Waals surface area contributed by atoms with Gasteiger partial charge in [-0.3, -0.25) is 4.79 Å². The van der Waals surface area contributed by atoms with Gasteiger partial charge in [0.15, 0.2) is 0 Å². The minimum atomic E-state index is -0.0464. The third-order valence-corrected chi connectivity index (χ3v) is 4.05. The van der Waals surface area contributed by atoms with Crippen molar-refractivity contribution < 1.29 is 4.79 Å². The number of likely N-dealkylation sites (N-methyl/N-ethyl adjacent to an activating group) is 1. The standard InChI is InChI=1S/C15H25N5O/c1-4-18-7-9-20(10-8-18)14-12-16-13(11-17-14)15(21)19(5-2)6-3/h11-12H,4-10H2,1-3H3. The van der Waals surface area contributed by atoms with E-state index in [1.807, 2.05) is 13.8 Å². The van der Waals surface area contributed by atoms with Gasteiger partial charge in [0.25, 0.3) is 5.91 Å². The zero-order valence-corrected chi connectivity index (χ0v) is 13.2. The lowest BCUT2D eigenvalue weighted by Gasteiger charge is -2.34. The maximum absolute atomic E-state index is 12.2. The van der Waals surface area contributed by atoms with E-state index in [1.165, 1.54) is 0 Å². The quantitative estimate of drug-likeness (QED) is 0.813. The molecule has 1 aliphatic heterocycles. The topological polar surface area (TPSA) is 52.6 Å². The number of rotatable bonds is 5. The molecule has 1 saturated heterocycles. The first-order valence-corrected chi connectivity index (χ1v) is 7.78. The Balaban J connectivity index is 2.01. The lowest BCUT2D eigenvalue weighted by Crippen LogP contribution is -2.46. The lowest BCUT2D eigenvalue weighted by atomic mass is 10.3. The van der Waals surface area contributed by atoms with Gasteiger partial charge in [0.2, 0.25) is 0 Å². The minimum Gasteiger partial charge on any atom is -0.353 e. The third-order valence-electron chi connectivity index (χ3n) is 4.05. The Hall–Kier alpha value is -1.69. The van der Waals surface area contributed by atoms with E-state index in [9.17, 15) is 4.79 Å². The van der Waals surface area contributed by atoms with Crippen molar-refractivity contribution in [1.29, 1.82) is 0 Å². The molecule has 116 valence electrons. The zero-order chi connectivity index (χ0) is 15.2. The molecule has 21 heavy (non-hydrogen) atoms. The molecule has 1 aliphatic rings. The smallest absolute Gasteiger partial charge is 0.274 e. The predicted molar refractivity (Wildman–Crippen MR) is 83.6 cm³/mol. The van der Waals surface area contributed by atoms with Crippen molar-refractivity contribution in [2.45, 2.75) is 20.8 Å². The first-order valence-electron chi connectivity index (χ1n) is 7.78. The number of hydrogen-bond acceptors (Lipinski definition) is 5. The molecule has 1 amide bonds. The second kappa shape index (κ2) is 7.36. The molecule has 0 bridgehead atoms. The van der Waals surface area contributed by atoms with Crippen molar-refractivity contribution in [3.8, 4) is 0 Å². The molecular formula is C15H25N5O. The molecule has 0 radical (unpaired) electrons. The van der Waals surface area contributed by atoms with Gasteiger partial charge in [-0.05, 0) is 20.4 Å². The Morgan fingerprint density at radius 2 is 1.76 bits per heavy atom. The van der Waals surface area contributed by atoms with Gasteiger partial charge in [-0.25, -0.2) is 9.97 Å². The molecule has 0 aliphatic carbocycles. The molecule has 0 atom stereocenters. The molecule has 6 heteroatoms. The summed E-state index contributed by atoms with van der Waals surface area (Å²) in [6.07, 6.45) is 3.32. The van der Waals surface area contributed by atoms with Gasteiger partial charge >= 0.3 is 0 Å². The average molecular weight is 291 g/mol. The highest BCUT2D eigenvalue weighted by atomic mass is 16.2. The zero-order valence-electron chi connectivity index (χ0n) is 13.2. The predicted octanol–water partition coefficient (Wildman–Crippen LogP) is 1.10. The summed E-state index contributed by atoms with van der Waals surface area (Å²) in [4.78, 5) is 27.3. The number of nitrogens with zero attached hydrogens (tertiary/aromatic N) is 5. The van der Waals surface area contributed by atoms with Crippen molar-refractivity contribution in [2.24, 2.45) is 0 Å². The van der Waals surface area contributed by atoms with Gasteiger partial charge in [-0.15, -0.1) is 0 Å². The van der Waals surface area contributed by atoms with E-state index in [0.717, 1.165) is 38.5 Å². The second-order valence-corrected chi connectivity index (χ2v) is 5.16. The van der Waals surface area contributed by atoms with Crippen molar-refractivity contribution in [2.75, 3.05) is 50.7 Å². The van der Waals surface area contributed by atoms with Gasteiger partial charge in [0.05, 0.1) is 12.4 Å². The van der Waals surface area contributed by atoms with E-state index >= 15 is 0 Å². The van der Waals surface area contributed by atoms with Crippen LogP contribution in [0.25, 0.3) is 0 Å². The maximum Gasteiger partial charge on any atom is 0.274 e. The average Bonchev–Trinajstić information content (AvgIpc) is 2.56. The molecule has 0 aromatic carbocycles. The second-order valence-electron chi connectivity index (χ2n) is 5.16. The van der Waals surface area contributed by atoms with Crippen LogP contribution in [0.5, 0.6) is 0 Å². The van der Waals surface area contributed by atoms with Crippen LogP contribution in [0.1, 0.15) is 31.3 Å². The summed E-state index contributed by atoms with van der Waals surface area (Å²) >= 11 is 0. The first-order chi connectivity index (χ1) is 10.2. The molecule has 0 saturated carbocycles. The fraction of sp³-hybridized carbons (Fsp3) is 0.667. The Labute approximate surface area is 126 Å². The number of carbonyl (C=O) groups is 1. The maximum atomic E-state index is 12.2. The molecule has 1 aromatic rings. The number of piperazine rings is 1. The van der Waals surface area contributed by atoms with Crippen LogP contribution in [0.15, 0.2) is 12.4 Å². The molecule has 0 unspecified atom stereocenters. The molecule has 2 heterocycles. The largest absolute Gasteiger partial charge is 0.353 e. The van der Waals surface area contributed by atoms with Crippen molar-refractivity contribution >= 4 is 11.7 Å². The number of carbonyl (C=O) groups excluding carboxylic acids is 1. The highest BCUT2D eigenvalue weighted by Gasteiger charge is 2.18. The lowest BCUT2D eigenvalue weighted by molar-refractivity contribution is 0.0766. The van der Waals surface area contributed by atoms with Crippen LogP contribution < -0.4 is 4.90 Å². The van der Waals surface area contributed by atoms with Crippen LogP contribution in [-0.2, 0) is 0 Å². The minimum absolute atomic E-state index is 0.0464. The first kappa shape index (κ1) is 15.7. The van der Waals surface area contributed by atoms with Gasteiger partial charge in [-0.1, -0.05) is 6.92 Å². The Kier molecular flexibility index (Phi) is 5.50. The van der Waals surface area contributed by atoms with E-state index in [0.29, 0.717) is 18.8 Å². The number of anilines is 1. The van der Waals surface area contributed by atoms with Gasteiger partial charge in [0, 0.05) is 39.3 Å². The van der Waals surface area contributed by atoms with Crippen LogP contribution in [0.3, 0.4) is 0 Å². The van der Waals surface area contributed by atoms with E-state index < -0.39 is 0 Å². The van der Waals surface area contributed by atoms with Crippen LogP contribution >= 0.6 is 0 Å². The van der Waals surface area contributed by atoms with Crippen molar-refractivity contribution in [1.82, 2.24) is 19.8 Å². The van der Waals surface area contributed by atoms with Crippen LogP contribution in [0.2, 0.25) is 0 Å². The summed E-state index contributed by atoms with van der Waals surface area (Å²) < 4.78 is 0. The SMILES string of the molecule is CCN1CCN(c2cnc(C(=O)N(CC)CC)cn2)CC1. The molecule has 0 N–H and O–H groups in total. The van der Waals surface area contributed by atoms with E-state index in [2.05, 4.69) is 26.7 Å². The summed E-state index contributed by atoms with van der Waals surface area (Å²) in [6, 6.07) is 0. The number of aromatic nitrogens is 2. The summed E-state index contributed by atoms with van der Waals surface area (Å²) in [5.41, 5.74) is 0.426. The summed E-state index contributed by atoms with van der Waals surface area (Å²) in [5, 5.41) is 0. The van der Waals surface area contributed by atoms with E-state index in [-0.39, 0.29) is 5.91 Å². The summed E-state index contributed by atoms with van der Waals surface area (Å²) in [5.74, 6) is 0.816.